The molecule has 0 spiro atoms. The predicted octanol–water partition coefficient (Wildman–Crippen LogP) is 5.40. The molecule has 1 saturated heterocycles. The maximum atomic E-state index is 13.1. The number of hydrogen-bond donors (Lipinski definition) is 2. The number of rotatable bonds is 6. The Labute approximate surface area is 218 Å². The summed E-state index contributed by atoms with van der Waals surface area (Å²) in [7, 11) is 0. The van der Waals surface area contributed by atoms with Crippen molar-refractivity contribution in [3.8, 4) is 0 Å². The SMILES string of the molecule is C=C(/N=C(/c1ccc(Cl)cc1)N(C(N)=O)c1ccc(C(F)(F)F)cc1)N1CCC(NC(=O)C(C)C)CC1. The van der Waals surface area contributed by atoms with E-state index in [1.165, 1.54) is 0 Å². The number of aliphatic imine (C=N–C) groups is 1. The molecule has 1 aliphatic heterocycles. The first-order valence-corrected chi connectivity index (χ1v) is 12.1. The van der Waals surface area contributed by atoms with E-state index in [4.69, 9.17) is 17.3 Å². The van der Waals surface area contributed by atoms with Gasteiger partial charge < -0.3 is 16.0 Å². The second kappa shape index (κ2) is 11.7. The molecule has 198 valence electrons. The molecule has 0 saturated carbocycles. The fourth-order valence-electron chi connectivity index (χ4n) is 3.84. The van der Waals surface area contributed by atoms with Gasteiger partial charge in [0.1, 0.15) is 5.82 Å². The summed E-state index contributed by atoms with van der Waals surface area (Å²) in [6.07, 6.45) is -3.17. The van der Waals surface area contributed by atoms with E-state index in [0.29, 0.717) is 42.3 Å². The van der Waals surface area contributed by atoms with E-state index >= 15 is 0 Å². The molecule has 3 amide bonds. The number of anilines is 1. The van der Waals surface area contributed by atoms with Gasteiger partial charge in [0.2, 0.25) is 5.91 Å². The van der Waals surface area contributed by atoms with Gasteiger partial charge in [-0.25, -0.2) is 14.7 Å². The molecule has 1 fully saturated rings. The third-order valence-electron chi connectivity index (χ3n) is 5.95. The molecule has 11 heteroatoms. The van der Waals surface area contributed by atoms with Crippen LogP contribution in [0.15, 0.2) is 65.9 Å². The van der Waals surface area contributed by atoms with Crippen LogP contribution in [0, 0.1) is 5.92 Å². The number of nitrogens with one attached hydrogen (secondary N) is 1. The van der Waals surface area contributed by atoms with Gasteiger partial charge in [-0.2, -0.15) is 13.2 Å². The molecule has 0 aromatic heterocycles. The largest absolute Gasteiger partial charge is 0.416 e. The van der Waals surface area contributed by atoms with E-state index in [0.717, 1.165) is 29.2 Å². The summed E-state index contributed by atoms with van der Waals surface area (Å²) in [4.78, 5) is 32.1. The maximum Gasteiger partial charge on any atom is 0.416 e. The summed E-state index contributed by atoms with van der Waals surface area (Å²) >= 11 is 6.02. The number of piperidine rings is 1. The average molecular weight is 536 g/mol. The minimum absolute atomic E-state index is 0.00559. The van der Waals surface area contributed by atoms with E-state index in [9.17, 15) is 22.8 Å². The molecule has 2 aromatic rings. The summed E-state index contributed by atoms with van der Waals surface area (Å²) in [6.45, 7) is 8.85. The summed E-state index contributed by atoms with van der Waals surface area (Å²) in [5, 5.41) is 3.48. The Bertz CT molecular complexity index is 1160. The molecular formula is C26H29ClF3N5O2. The van der Waals surface area contributed by atoms with Gasteiger partial charge in [-0.15, -0.1) is 0 Å². The first-order chi connectivity index (χ1) is 17.4. The number of halogens is 4. The van der Waals surface area contributed by atoms with Crippen molar-refractivity contribution >= 4 is 35.1 Å². The highest BCUT2D eigenvalue weighted by molar-refractivity contribution is 6.31. The molecule has 2 aromatic carbocycles. The number of amidine groups is 1. The van der Waals surface area contributed by atoms with Gasteiger partial charge >= 0.3 is 12.2 Å². The molecular weight excluding hydrogens is 507 g/mol. The summed E-state index contributed by atoms with van der Waals surface area (Å²) in [6, 6.07) is 9.61. The fraction of sp³-hybridized carbons (Fsp3) is 0.346. The zero-order valence-electron chi connectivity index (χ0n) is 20.6. The number of primary amides is 1. The van der Waals surface area contributed by atoms with Crippen molar-refractivity contribution in [2.75, 3.05) is 18.0 Å². The monoisotopic (exact) mass is 535 g/mol. The van der Waals surface area contributed by atoms with Crippen molar-refractivity contribution in [1.29, 1.82) is 0 Å². The second-order valence-electron chi connectivity index (χ2n) is 9.00. The number of nitrogens with zero attached hydrogens (tertiary/aromatic N) is 3. The van der Waals surface area contributed by atoms with Crippen LogP contribution in [0.4, 0.5) is 23.7 Å². The molecule has 3 rings (SSSR count). The first kappa shape index (κ1) is 28.0. The molecule has 7 nitrogen and oxygen atoms in total. The van der Waals surface area contributed by atoms with Crippen LogP contribution in [0.1, 0.15) is 37.8 Å². The Morgan fingerprint density at radius 3 is 2.16 bits per heavy atom. The van der Waals surface area contributed by atoms with Crippen LogP contribution < -0.4 is 16.0 Å². The maximum absolute atomic E-state index is 13.1. The highest BCUT2D eigenvalue weighted by Gasteiger charge is 2.31. The summed E-state index contributed by atoms with van der Waals surface area (Å²) < 4.78 is 39.2. The molecule has 1 aliphatic rings. The number of likely N-dealkylation sites (tertiary alicyclic amines) is 1. The normalized spacial score (nSPS) is 15.0. The molecule has 1 heterocycles. The predicted molar refractivity (Wildman–Crippen MR) is 138 cm³/mol. The molecule has 0 aliphatic carbocycles. The van der Waals surface area contributed by atoms with E-state index in [-0.39, 0.29) is 29.4 Å². The van der Waals surface area contributed by atoms with Gasteiger partial charge in [-0.1, -0.05) is 32.0 Å². The summed E-state index contributed by atoms with van der Waals surface area (Å²) in [5.74, 6) is 0.319. The number of hydrogen-bond acceptors (Lipinski definition) is 4. The lowest BCUT2D eigenvalue weighted by molar-refractivity contribution is -0.137. The average Bonchev–Trinajstić information content (AvgIpc) is 2.84. The quantitative estimate of drug-likeness (QED) is 0.383. The van der Waals surface area contributed by atoms with Crippen molar-refractivity contribution in [3.05, 3.63) is 77.1 Å². The number of carbonyl (C=O) groups excluding carboxylic acids is 2. The van der Waals surface area contributed by atoms with Gasteiger partial charge in [0.15, 0.2) is 5.84 Å². The lowest BCUT2D eigenvalue weighted by atomic mass is 10.0. The van der Waals surface area contributed by atoms with Crippen molar-refractivity contribution in [3.63, 3.8) is 0 Å². The van der Waals surface area contributed by atoms with Crippen LogP contribution in [0.2, 0.25) is 5.02 Å². The number of nitrogens with two attached hydrogens (primary N) is 1. The number of amides is 3. The molecule has 0 atom stereocenters. The van der Waals surface area contributed by atoms with E-state index in [2.05, 4.69) is 16.9 Å². The molecule has 37 heavy (non-hydrogen) atoms. The Kier molecular flexibility index (Phi) is 8.85. The van der Waals surface area contributed by atoms with Gasteiger partial charge in [0.05, 0.1) is 11.3 Å². The molecule has 0 bridgehead atoms. The Balaban J connectivity index is 1.91. The zero-order valence-corrected chi connectivity index (χ0v) is 21.3. The van der Waals surface area contributed by atoms with Gasteiger partial charge in [-0.05, 0) is 61.4 Å². The molecule has 3 N–H and O–H groups in total. The third kappa shape index (κ3) is 7.25. The van der Waals surface area contributed by atoms with Crippen molar-refractivity contribution in [2.24, 2.45) is 16.6 Å². The third-order valence-corrected chi connectivity index (χ3v) is 6.21. The Hall–Kier alpha value is -3.53. The van der Waals surface area contributed by atoms with Crippen LogP contribution in [0.3, 0.4) is 0 Å². The van der Waals surface area contributed by atoms with Crippen molar-refractivity contribution in [2.45, 2.75) is 38.9 Å². The number of alkyl halides is 3. The van der Waals surface area contributed by atoms with Crippen molar-refractivity contribution < 1.29 is 22.8 Å². The molecule has 0 unspecified atom stereocenters. The lowest BCUT2D eigenvalue weighted by Crippen LogP contribution is -2.45. The van der Waals surface area contributed by atoms with E-state index in [1.807, 2.05) is 18.7 Å². The number of carbonyl (C=O) groups is 2. The fourth-order valence-corrected chi connectivity index (χ4v) is 3.96. The number of benzene rings is 2. The van der Waals surface area contributed by atoms with Gasteiger partial charge in [-0.3, -0.25) is 4.79 Å². The smallest absolute Gasteiger partial charge is 0.357 e. The summed E-state index contributed by atoms with van der Waals surface area (Å²) in [5.41, 5.74) is 5.39. The van der Waals surface area contributed by atoms with Crippen LogP contribution in [-0.2, 0) is 11.0 Å². The van der Waals surface area contributed by atoms with Crippen LogP contribution in [-0.4, -0.2) is 41.8 Å². The van der Waals surface area contributed by atoms with Crippen LogP contribution in [0.25, 0.3) is 0 Å². The van der Waals surface area contributed by atoms with Gasteiger partial charge in [0.25, 0.3) is 0 Å². The first-order valence-electron chi connectivity index (χ1n) is 11.7. The highest BCUT2D eigenvalue weighted by atomic mass is 35.5. The minimum atomic E-state index is -4.53. The van der Waals surface area contributed by atoms with Crippen LogP contribution >= 0.6 is 11.6 Å². The highest BCUT2D eigenvalue weighted by Crippen LogP contribution is 2.31. The lowest BCUT2D eigenvalue weighted by Gasteiger charge is -2.34. The van der Waals surface area contributed by atoms with Crippen molar-refractivity contribution in [1.82, 2.24) is 10.2 Å². The topological polar surface area (TPSA) is 91.0 Å². The minimum Gasteiger partial charge on any atom is -0.357 e. The number of urea groups is 1. The standard InChI is InChI=1S/C26H29ClF3N5O2/c1-16(2)24(36)33-21-12-14-34(15-13-21)17(3)32-23(18-4-8-20(27)9-5-18)35(25(31)37)22-10-6-19(7-11-22)26(28,29)30/h4-11,16,21H,3,12-15H2,1-2H3,(H2,31,37)(H,33,36)/b32-23-. The zero-order chi connectivity index (χ0) is 27.3. The second-order valence-corrected chi connectivity index (χ2v) is 9.44. The molecule has 0 radical (unpaired) electrons. The van der Waals surface area contributed by atoms with Gasteiger partial charge in [0, 0.05) is 35.6 Å². The van der Waals surface area contributed by atoms with Crippen LogP contribution in [0.5, 0.6) is 0 Å². The van der Waals surface area contributed by atoms with E-state index < -0.39 is 17.8 Å². The Morgan fingerprint density at radius 2 is 1.68 bits per heavy atom. The Morgan fingerprint density at radius 1 is 1.11 bits per heavy atom. The van der Waals surface area contributed by atoms with E-state index in [1.54, 1.807) is 24.3 Å².